The molecule has 0 amide bonds. The Balaban J connectivity index is 2.17. The van der Waals surface area contributed by atoms with E-state index in [9.17, 15) is 4.79 Å². The van der Waals surface area contributed by atoms with E-state index in [1.165, 1.54) is 0 Å². The molecule has 0 heterocycles. The molecule has 0 atom stereocenters. The molecule has 0 spiro atoms. The first kappa shape index (κ1) is 20.4. The third-order valence-electron chi connectivity index (χ3n) is 5.35. The van der Waals surface area contributed by atoms with Crippen LogP contribution in [-0.2, 0) is 9.53 Å². The molecule has 0 saturated heterocycles. The van der Waals surface area contributed by atoms with Gasteiger partial charge >= 0.3 is 169 Å². The summed E-state index contributed by atoms with van der Waals surface area (Å²) in [5.74, 6) is -0.165. The van der Waals surface area contributed by atoms with Crippen molar-refractivity contribution in [2.75, 3.05) is 12.8 Å². The van der Waals surface area contributed by atoms with E-state index < -0.39 is 6.48 Å². The molecule has 3 aromatic rings. The Labute approximate surface area is 169 Å². The molecule has 3 aromatic carbocycles. The molecule has 0 aliphatic rings. The first-order valence-corrected chi connectivity index (χ1v) is 12.2. The Hall–Kier alpha value is -2.38. The van der Waals surface area contributed by atoms with Gasteiger partial charge in [-0.1, -0.05) is 0 Å². The molecule has 0 saturated carbocycles. The molecule has 0 fully saturated rings. The van der Waals surface area contributed by atoms with Crippen LogP contribution in [0.3, 0.4) is 0 Å². The van der Waals surface area contributed by atoms with E-state index in [0.717, 1.165) is 15.9 Å². The van der Waals surface area contributed by atoms with Crippen LogP contribution in [0.4, 0.5) is 0 Å². The predicted molar refractivity (Wildman–Crippen MR) is 122 cm³/mol. The van der Waals surface area contributed by atoms with Crippen molar-refractivity contribution in [1.82, 2.24) is 0 Å². The average molecular weight is 388 g/mol. The summed E-state index contributed by atoms with van der Waals surface area (Å²) < 4.78 is 5.14. The van der Waals surface area contributed by atoms with E-state index in [0.29, 0.717) is 25.6 Å². The van der Waals surface area contributed by atoms with Crippen molar-refractivity contribution in [2.45, 2.75) is 19.8 Å². The van der Waals surface area contributed by atoms with Crippen LogP contribution in [-0.4, -0.2) is 26.3 Å². The van der Waals surface area contributed by atoms with Gasteiger partial charge in [-0.05, 0) is 0 Å². The maximum absolute atomic E-state index is 12.0. The Morgan fingerprint density at radius 1 is 0.786 bits per heavy atom. The summed E-state index contributed by atoms with van der Waals surface area (Å²) in [6, 6.07) is 31.1. The van der Waals surface area contributed by atoms with Gasteiger partial charge in [0.1, 0.15) is 0 Å². The van der Waals surface area contributed by atoms with Crippen molar-refractivity contribution in [2.24, 2.45) is 0 Å². The molecule has 0 bridgehead atoms. The van der Waals surface area contributed by atoms with E-state index in [-0.39, 0.29) is 5.97 Å². The quantitative estimate of drug-likeness (QED) is 0.332. The molecule has 0 aliphatic carbocycles. The van der Waals surface area contributed by atoms with Crippen molar-refractivity contribution in [1.29, 1.82) is 0 Å². The Morgan fingerprint density at radius 2 is 1.18 bits per heavy atom. The van der Waals surface area contributed by atoms with Crippen molar-refractivity contribution in [3.63, 3.8) is 0 Å². The SMILES string of the molecule is [B]P(CCCC(=O)OCC)(c1ccccc1)(c1ccccc1)c1ccccc1. The first-order valence-electron chi connectivity index (χ1n) is 9.73. The molecule has 2 nitrogen and oxygen atoms in total. The fourth-order valence-corrected chi connectivity index (χ4v) is 8.97. The second-order valence-electron chi connectivity index (χ2n) is 7.02. The number of rotatable bonds is 8. The van der Waals surface area contributed by atoms with Gasteiger partial charge in [0.05, 0.1) is 0 Å². The van der Waals surface area contributed by atoms with E-state index in [4.69, 9.17) is 12.3 Å². The molecular weight excluding hydrogens is 362 g/mol. The van der Waals surface area contributed by atoms with Gasteiger partial charge in [-0.3, -0.25) is 0 Å². The molecule has 2 radical (unpaired) electrons. The summed E-state index contributed by atoms with van der Waals surface area (Å²) in [7, 11) is 7.62. The third kappa shape index (κ3) is 3.77. The number of ether oxygens (including phenoxy) is 1. The molecular formula is C24H26BO2P. The fraction of sp³-hybridized carbons (Fsp3) is 0.208. The van der Waals surface area contributed by atoms with Crippen LogP contribution in [0.25, 0.3) is 0 Å². The van der Waals surface area contributed by atoms with Crippen LogP contribution in [0.1, 0.15) is 19.8 Å². The average Bonchev–Trinajstić information content (AvgIpc) is 2.76. The number of benzene rings is 3. The molecule has 4 heteroatoms. The van der Waals surface area contributed by atoms with Crippen molar-refractivity contribution < 1.29 is 9.53 Å². The topological polar surface area (TPSA) is 26.3 Å². The fourth-order valence-electron chi connectivity index (χ4n) is 3.93. The van der Waals surface area contributed by atoms with Crippen molar-refractivity contribution >= 4 is 35.9 Å². The van der Waals surface area contributed by atoms with Gasteiger partial charge in [-0.25, -0.2) is 0 Å². The van der Waals surface area contributed by atoms with Crippen LogP contribution in [0.5, 0.6) is 0 Å². The van der Waals surface area contributed by atoms with Gasteiger partial charge in [0.25, 0.3) is 0 Å². The van der Waals surface area contributed by atoms with E-state index in [1.807, 2.05) is 61.5 Å². The molecule has 142 valence electrons. The van der Waals surface area contributed by atoms with Crippen LogP contribution in [0.15, 0.2) is 91.0 Å². The van der Waals surface area contributed by atoms with Crippen LogP contribution in [0, 0.1) is 0 Å². The zero-order valence-electron chi connectivity index (χ0n) is 16.3. The van der Waals surface area contributed by atoms with Crippen LogP contribution in [0.2, 0.25) is 0 Å². The van der Waals surface area contributed by atoms with Crippen LogP contribution >= 0.6 is 6.48 Å². The minimum atomic E-state index is -3.23. The normalized spacial score (nSPS) is 12.7. The molecule has 0 unspecified atom stereocenters. The second kappa shape index (κ2) is 8.75. The number of hydrogen-bond donors (Lipinski definition) is 0. The Bertz CT molecular complexity index is 798. The van der Waals surface area contributed by atoms with Gasteiger partial charge in [-0.15, -0.1) is 0 Å². The van der Waals surface area contributed by atoms with Gasteiger partial charge in [0.2, 0.25) is 0 Å². The van der Waals surface area contributed by atoms with E-state index >= 15 is 0 Å². The van der Waals surface area contributed by atoms with Crippen molar-refractivity contribution in [3.8, 4) is 0 Å². The summed E-state index contributed by atoms with van der Waals surface area (Å²) >= 11 is 0. The number of carbonyl (C=O) groups excluding carboxylic acids is 1. The number of carbonyl (C=O) groups is 1. The van der Waals surface area contributed by atoms with Gasteiger partial charge < -0.3 is 0 Å². The number of hydrogen-bond acceptors (Lipinski definition) is 2. The standard InChI is InChI=1S/C24H26BO2P/c1-2-27-24(26)19-12-20-28(25,21-13-6-3-7-14-21,22-15-8-4-9-16-22)23-17-10-5-11-18-23/h3-11,13-18H,2,12,19-20H2,1H3. The summed E-state index contributed by atoms with van der Waals surface area (Å²) in [5.41, 5.74) is 0. The first-order chi connectivity index (χ1) is 13.6. The second-order valence-corrected chi connectivity index (χ2v) is 11.8. The van der Waals surface area contributed by atoms with Crippen molar-refractivity contribution in [3.05, 3.63) is 91.0 Å². The van der Waals surface area contributed by atoms with Gasteiger partial charge in [-0.2, -0.15) is 0 Å². The predicted octanol–water partition coefficient (Wildman–Crippen LogP) is 3.94. The Morgan fingerprint density at radius 3 is 1.54 bits per heavy atom. The molecule has 0 aliphatic heterocycles. The molecule has 0 aromatic heterocycles. The van der Waals surface area contributed by atoms with Gasteiger partial charge in [0, 0.05) is 0 Å². The third-order valence-corrected chi connectivity index (χ3v) is 11.0. The molecule has 3 rings (SSSR count). The summed E-state index contributed by atoms with van der Waals surface area (Å²) in [4.78, 5) is 12.0. The Kier molecular flexibility index (Phi) is 6.37. The summed E-state index contributed by atoms with van der Waals surface area (Å²) in [6.45, 7) is -0.998. The zero-order valence-corrected chi connectivity index (χ0v) is 17.2. The van der Waals surface area contributed by atoms with E-state index in [1.54, 1.807) is 0 Å². The molecule has 0 N–H and O–H groups in total. The van der Waals surface area contributed by atoms with Crippen LogP contribution < -0.4 is 15.9 Å². The molecule has 28 heavy (non-hydrogen) atoms. The monoisotopic (exact) mass is 388 g/mol. The van der Waals surface area contributed by atoms with E-state index in [2.05, 4.69) is 36.4 Å². The summed E-state index contributed by atoms with van der Waals surface area (Å²) in [5, 5.41) is 3.40. The summed E-state index contributed by atoms with van der Waals surface area (Å²) in [6.07, 6.45) is 1.75. The number of esters is 1. The minimum absolute atomic E-state index is 0.165. The maximum atomic E-state index is 12.0. The van der Waals surface area contributed by atoms with Gasteiger partial charge in [0.15, 0.2) is 0 Å². The zero-order chi connectivity index (χ0) is 19.9.